The van der Waals surface area contributed by atoms with Crippen LogP contribution in [0.4, 0.5) is 10.5 Å². The van der Waals surface area contributed by atoms with Crippen molar-refractivity contribution in [1.29, 1.82) is 0 Å². The van der Waals surface area contributed by atoms with Crippen LogP contribution in [0.1, 0.15) is 6.92 Å². The Kier molecular flexibility index (Phi) is 5.81. The van der Waals surface area contributed by atoms with Crippen LogP contribution in [-0.4, -0.2) is 58.4 Å². The van der Waals surface area contributed by atoms with Crippen LogP contribution in [-0.2, 0) is 9.53 Å². The molecule has 1 heterocycles. The molecule has 1 aliphatic heterocycles. The number of anilines is 1. The monoisotopic (exact) mass is 322 g/mol. The van der Waals surface area contributed by atoms with E-state index in [9.17, 15) is 9.59 Å². The van der Waals surface area contributed by atoms with E-state index in [1.807, 2.05) is 31.2 Å². The van der Waals surface area contributed by atoms with Crippen LogP contribution in [0.5, 0.6) is 5.75 Å². The first-order chi connectivity index (χ1) is 11.1. The van der Waals surface area contributed by atoms with Gasteiger partial charge in [0.2, 0.25) is 0 Å². The number of benzene rings is 1. The van der Waals surface area contributed by atoms with Gasteiger partial charge in [0, 0.05) is 0 Å². The number of carbonyl (C=O) groups excluding carboxylic acids is 2. The molecule has 0 bridgehead atoms. The number of quaternary nitrogens is 1. The predicted molar refractivity (Wildman–Crippen MR) is 85.9 cm³/mol. The van der Waals surface area contributed by atoms with Crippen molar-refractivity contribution in [3.63, 3.8) is 0 Å². The zero-order valence-corrected chi connectivity index (χ0v) is 13.8. The molecule has 1 fully saturated rings. The Bertz CT molecular complexity index is 556. The minimum Gasteiger partial charge on any atom is -0.495 e. The van der Waals surface area contributed by atoms with Crippen molar-refractivity contribution in [2.24, 2.45) is 0 Å². The van der Waals surface area contributed by atoms with Gasteiger partial charge >= 0.3 is 6.09 Å². The summed E-state index contributed by atoms with van der Waals surface area (Å²) in [7, 11) is 2.91. The highest BCUT2D eigenvalue weighted by Crippen LogP contribution is 2.27. The summed E-state index contributed by atoms with van der Waals surface area (Å²) in [6, 6.07) is 7.62. The summed E-state index contributed by atoms with van der Waals surface area (Å²) >= 11 is 0. The Labute approximate surface area is 136 Å². The molecular formula is C16H24N3O4+. The zero-order chi connectivity index (χ0) is 16.8. The van der Waals surface area contributed by atoms with Gasteiger partial charge in [0.25, 0.3) is 5.91 Å². The number of carbonyl (C=O) groups is 2. The maximum absolute atomic E-state index is 12.0. The third kappa shape index (κ3) is 4.13. The number of para-hydroxylation sites is 2. The number of hydrogen-bond acceptors (Lipinski definition) is 5. The maximum Gasteiger partial charge on any atom is 0.413 e. The van der Waals surface area contributed by atoms with E-state index in [1.165, 1.54) is 7.11 Å². The maximum atomic E-state index is 12.0. The number of ether oxygens (including phenoxy) is 2. The molecule has 0 saturated carbocycles. The molecule has 126 valence electrons. The minimum atomic E-state index is -0.714. The lowest BCUT2D eigenvalue weighted by Crippen LogP contribution is -3.19. The molecule has 7 nitrogen and oxygen atoms in total. The highest BCUT2D eigenvalue weighted by Gasteiger charge is 2.30. The first-order valence-electron chi connectivity index (χ1n) is 7.68. The molecule has 1 aromatic rings. The summed E-state index contributed by atoms with van der Waals surface area (Å²) in [5.74, 6) is 0.546. The van der Waals surface area contributed by atoms with Gasteiger partial charge in [0.15, 0.2) is 6.04 Å². The normalized spacial score (nSPS) is 16.6. The van der Waals surface area contributed by atoms with Crippen LogP contribution in [0.15, 0.2) is 24.3 Å². The first kappa shape index (κ1) is 17.1. The number of methoxy groups -OCH3 is 2. The van der Waals surface area contributed by atoms with Crippen LogP contribution in [0.3, 0.4) is 0 Å². The van der Waals surface area contributed by atoms with Gasteiger partial charge in [-0.05, 0) is 19.1 Å². The first-order valence-corrected chi connectivity index (χ1v) is 7.68. The molecule has 2 rings (SSSR count). The van der Waals surface area contributed by atoms with E-state index in [1.54, 1.807) is 7.11 Å². The molecule has 0 aromatic heterocycles. The predicted octanol–water partition coefficient (Wildman–Crippen LogP) is -0.329. The van der Waals surface area contributed by atoms with Gasteiger partial charge in [-0.15, -0.1) is 0 Å². The standard InChI is InChI=1S/C16H23N3O4/c1-12(15(20)17-16(21)23-3)18-8-10-19(11-9-18)13-6-4-5-7-14(13)22-2/h4-7,12H,8-11H2,1-3H3,(H,17,20,21)/p+1/t12-/m0/s1. The number of rotatable bonds is 4. The topological polar surface area (TPSA) is 72.3 Å². The summed E-state index contributed by atoms with van der Waals surface area (Å²) in [6.07, 6.45) is -0.714. The average molecular weight is 322 g/mol. The van der Waals surface area contributed by atoms with E-state index < -0.39 is 6.09 Å². The molecule has 0 radical (unpaired) electrons. The summed E-state index contributed by atoms with van der Waals surface area (Å²) in [5.41, 5.74) is 1.07. The van der Waals surface area contributed by atoms with E-state index >= 15 is 0 Å². The van der Waals surface area contributed by atoms with Crippen LogP contribution in [0.25, 0.3) is 0 Å². The van der Waals surface area contributed by atoms with Crippen molar-refractivity contribution >= 4 is 17.7 Å². The highest BCUT2D eigenvalue weighted by atomic mass is 16.5. The molecule has 1 aromatic carbocycles. The quantitative estimate of drug-likeness (QED) is 0.794. The molecule has 0 aliphatic carbocycles. The summed E-state index contributed by atoms with van der Waals surface area (Å²) in [6.45, 7) is 5.10. The van der Waals surface area contributed by atoms with Crippen LogP contribution in [0, 0.1) is 0 Å². The van der Waals surface area contributed by atoms with Crippen molar-refractivity contribution < 1.29 is 24.0 Å². The van der Waals surface area contributed by atoms with Crippen molar-refractivity contribution in [2.45, 2.75) is 13.0 Å². The lowest BCUT2D eigenvalue weighted by Gasteiger charge is -2.36. The fourth-order valence-electron chi connectivity index (χ4n) is 2.80. The molecule has 23 heavy (non-hydrogen) atoms. The van der Waals surface area contributed by atoms with Gasteiger partial charge in [-0.1, -0.05) is 12.1 Å². The lowest BCUT2D eigenvalue weighted by molar-refractivity contribution is -0.914. The zero-order valence-electron chi connectivity index (χ0n) is 13.8. The number of nitrogens with one attached hydrogen (secondary N) is 2. The Balaban J connectivity index is 1.93. The van der Waals surface area contributed by atoms with E-state index in [0.29, 0.717) is 0 Å². The van der Waals surface area contributed by atoms with Gasteiger partial charge in [-0.25, -0.2) is 4.79 Å². The molecule has 0 spiro atoms. The third-order valence-corrected chi connectivity index (χ3v) is 4.25. The largest absolute Gasteiger partial charge is 0.495 e. The number of amides is 2. The fraction of sp³-hybridized carbons (Fsp3) is 0.500. The fourth-order valence-corrected chi connectivity index (χ4v) is 2.80. The molecular weight excluding hydrogens is 298 g/mol. The van der Waals surface area contributed by atoms with Crippen LogP contribution < -0.4 is 19.9 Å². The third-order valence-electron chi connectivity index (χ3n) is 4.25. The summed E-state index contributed by atoms with van der Waals surface area (Å²) in [5, 5.41) is 2.23. The SMILES string of the molecule is COC(=O)NC(=O)[C@H](C)[NH+]1CCN(c2ccccc2OC)CC1. The van der Waals surface area contributed by atoms with E-state index in [-0.39, 0.29) is 11.9 Å². The molecule has 1 saturated heterocycles. The van der Waals surface area contributed by atoms with E-state index in [2.05, 4.69) is 15.0 Å². The molecule has 7 heteroatoms. The number of imide groups is 1. The van der Waals surface area contributed by atoms with E-state index in [4.69, 9.17) is 4.74 Å². The number of nitrogens with zero attached hydrogens (tertiary/aromatic N) is 1. The lowest BCUT2D eigenvalue weighted by atomic mass is 10.2. The Morgan fingerprint density at radius 3 is 2.48 bits per heavy atom. The van der Waals surface area contributed by atoms with Gasteiger partial charge in [0.1, 0.15) is 5.75 Å². The highest BCUT2D eigenvalue weighted by molar-refractivity contribution is 5.93. The van der Waals surface area contributed by atoms with Crippen LogP contribution >= 0.6 is 0 Å². The minimum absolute atomic E-state index is 0.297. The number of hydrogen-bond donors (Lipinski definition) is 2. The van der Waals surface area contributed by atoms with Gasteiger partial charge < -0.3 is 19.3 Å². The Morgan fingerprint density at radius 1 is 1.22 bits per heavy atom. The van der Waals surface area contributed by atoms with Gasteiger partial charge in [-0.2, -0.15) is 0 Å². The summed E-state index contributed by atoms with van der Waals surface area (Å²) in [4.78, 5) is 26.5. The van der Waals surface area contributed by atoms with E-state index in [0.717, 1.165) is 42.5 Å². The van der Waals surface area contributed by atoms with Crippen molar-refractivity contribution in [3.05, 3.63) is 24.3 Å². The number of alkyl carbamates (subject to hydrolysis) is 1. The molecule has 1 atom stereocenters. The van der Waals surface area contributed by atoms with Gasteiger partial charge in [-0.3, -0.25) is 10.1 Å². The van der Waals surface area contributed by atoms with Crippen molar-refractivity contribution in [3.8, 4) is 5.75 Å². The van der Waals surface area contributed by atoms with Crippen LogP contribution in [0.2, 0.25) is 0 Å². The smallest absolute Gasteiger partial charge is 0.413 e. The Hall–Kier alpha value is -2.28. The van der Waals surface area contributed by atoms with Crippen molar-refractivity contribution in [2.75, 3.05) is 45.3 Å². The second kappa shape index (κ2) is 7.82. The second-order valence-corrected chi connectivity index (χ2v) is 5.52. The van der Waals surface area contributed by atoms with Crippen molar-refractivity contribution in [1.82, 2.24) is 5.32 Å². The number of piperazine rings is 1. The second-order valence-electron chi connectivity index (χ2n) is 5.52. The summed E-state index contributed by atoms with van der Waals surface area (Å²) < 4.78 is 9.86. The Morgan fingerprint density at radius 2 is 1.87 bits per heavy atom. The average Bonchev–Trinajstić information content (AvgIpc) is 2.60. The van der Waals surface area contributed by atoms with Gasteiger partial charge in [0.05, 0.1) is 46.1 Å². The molecule has 1 aliphatic rings. The molecule has 0 unspecified atom stereocenters. The molecule has 2 N–H and O–H groups in total. The molecule has 2 amide bonds.